The fourth-order valence-corrected chi connectivity index (χ4v) is 10.0. The molecule has 0 aromatic carbocycles. The van der Waals surface area contributed by atoms with Gasteiger partial charge in [-0.25, -0.2) is 0 Å². The number of rotatable bonds is 2. The molecule has 0 aromatic rings. The van der Waals surface area contributed by atoms with Crippen LogP contribution in [-0.2, 0) is 14.4 Å². The number of allylic oxidation sites excluding steroid dienone is 3. The number of amides is 1. The topological polar surface area (TPSA) is 83.5 Å². The van der Waals surface area contributed by atoms with E-state index in [-0.39, 0.29) is 40.1 Å². The van der Waals surface area contributed by atoms with Gasteiger partial charge < -0.3 is 10.4 Å². The molecule has 0 heterocycles. The van der Waals surface area contributed by atoms with Gasteiger partial charge in [-0.15, -0.1) is 0 Å². The van der Waals surface area contributed by atoms with Gasteiger partial charge in [0.05, 0.1) is 0 Å². The number of aliphatic hydroxyl groups is 1. The highest BCUT2D eigenvalue weighted by Crippen LogP contribution is 2.75. The number of hydrogen-bond donors (Lipinski definition) is 2. The third kappa shape index (κ3) is 3.04. The molecule has 5 rings (SSSR count). The van der Waals surface area contributed by atoms with Crippen molar-refractivity contribution in [3.05, 3.63) is 23.8 Å². The van der Waals surface area contributed by atoms with Gasteiger partial charge in [0.15, 0.2) is 11.6 Å². The molecule has 5 aliphatic rings. The predicted molar refractivity (Wildman–Crippen MR) is 144 cm³/mol. The van der Waals surface area contributed by atoms with Crippen molar-refractivity contribution in [2.45, 2.75) is 106 Å². The summed E-state index contributed by atoms with van der Waals surface area (Å²) in [6.45, 7) is 17.5. The summed E-state index contributed by atoms with van der Waals surface area (Å²) in [7, 11) is 0. The van der Waals surface area contributed by atoms with Crippen molar-refractivity contribution in [3.63, 3.8) is 0 Å². The summed E-state index contributed by atoms with van der Waals surface area (Å²) in [4.78, 5) is 40.4. The van der Waals surface area contributed by atoms with Crippen LogP contribution in [0.15, 0.2) is 23.8 Å². The molecule has 0 bridgehead atoms. The highest BCUT2D eigenvalue weighted by molar-refractivity contribution is 6.01. The van der Waals surface area contributed by atoms with Crippen LogP contribution in [0, 0.1) is 44.3 Å². The molecule has 8 atom stereocenters. The zero-order valence-electron chi connectivity index (χ0n) is 24.2. The summed E-state index contributed by atoms with van der Waals surface area (Å²) >= 11 is 0. The molecule has 0 radical (unpaired) electrons. The first-order valence-electron chi connectivity index (χ1n) is 14.5. The first kappa shape index (κ1) is 26.8. The molecule has 8 unspecified atom stereocenters. The molecular formula is C32H47NO4. The standard InChI is InChI=1S/C32H47NO4/c1-9-33-25(36)28(5)15-14-27(4)16-17-31(8)30(7)13-10-20-26(2,3)23(34)11-12-29(20,6)21(30)18-24(35)32(31,37)22(27)19-28/h11-12,18,20,22,37H,9-10,13-17,19H2,1-8H3,(H,33,36). The maximum Gasteiger partial charge on any atom is 0.225 e. The van der Waals surface area contributed by atoms with Crippen LogP contribution in [-0.4, -0.2) is 34.7 Å². The number of fused-ring (bicyclic) bond motifs is 7. The lowest BCUT2D eigenvalue weighted by atomic mass is 9.33. The molecule has 5 heteroatoms. The smallest absolute Gasteiger partial charge is 0.225 e. The fraction of sp³-hybridized carbons (Fsp3) is 0.781. The van der Waals surface area contributed by atoms with Gasteiger partial charge >= 0.3 is 0 Å². The zero-order chi connectivity index (χ0) is 27.4. The van der Waals surface area contributed by atoms with Crippen LogP contribution in [0.2, 0.25) is 0 Å². The summed E-state index contributed by atoms with van der Waals surface area (Å²) < 4.78 is 0. The van der Waals surface area contributed by atoms with Crippen LogP contribution < -0.4 is 5.32 Å². The van der Waals surface area contributed by atoms with Crippen LogP contribution in [0.1, 0.15) is 100 Å². The lowest BCUT2D eigenvalue weighted by molar-refractivity contribution is -0.242. The molecule has 2 N–H and O–H groups in total. The SMILES string of the molecule is CCNC(=O)C1(C)CCC2(C)CCC3(C)C4(C)CCC5C(C)(C)C(=O)C=CC5(C)C4=CC(=O)C3(O)C2C1. The normalized spacial score (nSPS) is 50.2. The molecule has 0 spiro atoms. The second kappa shape index (κ2) is 7.67. The lowest BCUT2D eigenvalue weighted by Gasteiger charge is -2.71. The Morgan fingerprint density at radius 3 is 2.24 bits per heavy atom. The summed E-state index contributed by atoms with van der Waals surface area (Å²) in [5.41, 5.74) is -3.16. The predicted octanol–water partition coefficient (Wildman–Crippen LogP) is 5.56. The number of hydrogen-bond acceptors (Lipinski definition) is 4. The van der Waals surface area contributed by atoms with Gasteiger partial charge in [-0.3, -0.25) is 14.4 Å². The molecular weight excluding hydrogens is 462 g/mol. The first-order chi connectivity index (χ1) is 17.0. The quantitative estimate of drug-likeness (QED) is 0.510. The summed E-state index contributed by atoms with van der Waals surface area (Å²) in [5.74, 6) is -0.171. The molecule has 0 aromatic heterocycles. The molecule has 5 nitrogen and oxygen atoms in total. The Labute approximate surface area is 222 Å². The maximum absolute atomic E-state index is 14.4. The van der Waals surface area contributed by atoms with E-state index in [2.05, 4.69) is 39.1 Å². The fourth-order valence-electron chi connectivity index (χ4n) is 10.0. The van der Waals surface area contributed by atoms with E-state index >= 15 is 0 Å². The highest BCUT2D eigenvalue weighted by Gasteiger charge is 2.75. The van der Waals surface area contributed by atoms with Crippen molar-refractivity contribution in [2.24, 2.45) is 44.3 Å². The van der Waals surface area contributed by atoms with E-state index < -0.39 is 27.3 Å². The van der Waals surface area contributed by atoms with Crippen LogP contribution in [0.4, 0.5) is 0 Å². The van der Waals surface area contributed by atoms with E-state index in [9.17, 15) is 19.5 Å². The summed E-state index contributed by atoms with van der Waals surface area (Å²) in [6, 6.07) is 0. The average Bonchev–Trinajstić information content (AvgIpc) is 2.82. The lowest BCUT2D eigenvalue weighted by Crippen LogP contribution is -2.74. The Hall–Kier alpha value is -1.75. The van der Waals surface area contributed by atoms with Gasteiger partial charge in [-0.1, -0.05) is 54.5 Å². The van der Waals surface area contributed by atoms with E-state index in [0.717, 1.165) is 44.1 Å². The second-order valence-electron chi connectivity index (χ2n) is 15.0. The number of nitrogens with one attached hydrogen (secondary N) is 1. The monoisotopic (exact) mass is 509 g/mol. The molecule has 3 saturated carbocycles. The Bertz CT molecular complexity index is 1140. The van der Waals surface area contributed by atoms with Crippen LogP contribution in [0.25, 0.3) is 0 Å². The van der Waals surface area contributed by atoms with E-state index in [1.807, 2.05) is 27.7 Å². The minimum atomic E-state index is -1.53. The molecule has 1 amide bonds. The summed E-state index contributed by atoms with van der Waals surface area (Å²) in [6.07, 6.45) is 11.1. The Morgan fingerprint density at radius 1 is 0.946 bits per heavy atom. The van der Waals surface area contributed by atoms with Gasteiger partial charge in [-0.05, 0) is 86.3 Å². The van der Waals surface area contributed by atoms with Gasteiger partial charge in [0, 0.05) is 34.1 Å². The largest absolute Gasteiger partial charge is 0.381 e. The van der Waals surface area contributed by atoms with Gasteiger partial charge in [0.25, 0.3) is 0 Å². The first-order valence-corrected chi connectivity index (χ1v) is 14.5. The Kier molecular flexibility index (Phi) is 5.57. The molecule has 204 valence electrons. The highest BCUT2D eigenvalue weighted by atomic mass is 16.3. The number of ketones is 2. The van der Waals surface area contributed by atoms with Crippen molar-refractivity contribution in [1.82, 2.24) is 5.32 Å². The van der Waals surface area contributed by atoms with Gasteiger partial charge in [-0.2, -0.15) is 0 Å². The molecule has 37 heavy (non-hydrogen) atoms. The van der Waals surface area contributed by atoms with Gasteiger partial charge in [0.2, 0.25) is 5.91 Å². The minimum Gasteiger partial charge on any atom is -0.381 e. The number of carbonyl (C=O) groups is 3. The van der Waals surface area contributed by atoms with Crippen molar-refractivity contribution in [3.8, 4) is 0 Å². The molecule has 3 fully saturated rings. The third-order valence-corrected chi connectivity index (χ3v) is 13.0. The minimum absolute atomic E-state index is 0.0332. The molecule has 0 aliphatic heterocycles. The van der Waals surface area contributed by atoms with Crippen LogP contribution in [0.3, 0.4) is 0 Å². The van der Waals surface area contributed by atoms with E-state index in [0.29, 0.717) is 13.0 Å². The van der Waals surface area contributed by atoms with Gasteiger partial charge in [0.1, 0.15) is 5.60 Å². The average molecular weight is 510 g/mol. The molecule has 5 aliphatic carbocycles. The Balaban J connectivity index is 1.66. The third-order valence-electron chi connectivity index (χ3n) is 13.0. The number of carbonyl (C=O) groups excluding carboxylic acids is 3. The maximum atomic E-state index is 14.4. The summed E-state index contributed by atoms with van der Waals surface area (Å²) in [5, 5.41) is 15.9. The second-order valence-corrected chi connectivity index (χ2v) is 15.0. The molecule has 0 saturated heterocycles. The van der Waals surface area contributed by atoms with Crippen molar-refractivity contribution < 1.29 is 19.5 Å². The van der Waals surface area contributed by atoms with Crippen LogP contribution in [0.5, 0.6) is 0 Å². The zero-order valence-corrected chi connectivity index (χ0v) is 24.2. The van der Waals surface area contributed by atoms with E-state index in [1.165, 1.54) is 0 Å². The van der Waals surface area contributed by atoms with Crippen molar-refractivity contribution >= 4 is 17.5 Å². The van der Waals surface area contributed by atoms with Crippen molar-refractivity contribution in [2.75, 3.05) is 6.54 Å². The van der Waals surface area contributed by atoms with Crippen molar-refractivity contribution in [1.29, 1.82) is 0 Å². The van der Waals surface area contributed by atoms with Crippen LogP contribution >= 0.6 is 0 Å². The van der Waals surface area contributed by atoms with E-state index in [4.69, 9.17) is 0 Å². The Morgan fingerprint density at radius 2 is 1.59 bits per heavy atom. The van der Waals surface area contributed by atoms with E-state index in [1.54, 1.807) is 12.2 Å².